The molecule has 1 heterocycles. The van der Waals surface area contributed by atoms with Crippen LogP contribution in [0.5, 0.6) is 0 Å². The molecule has 1 aromatic heterocycles. The van der Waals surface area contributed by atoms with E-state index in [0.717, 1.165) is 12.8 Å². The summed E-state index contributed by atoms with van der Waals surface area (Å²) in [7, 11) is 0. The third-order valence-electron chi connectivity index (χ3n) is 3.36. The van der Waals surface area contributed by atoms with Crippen molar-refractivity contribution >= 4 is 11.8 Å². The van der Waals surface area contributed by atoms with E-state index in [-0.39, 0.29) is 11.2 Å². The highest BCUT2D eigenvalue weighted by Crippen LogP contribution is 2.46. The van der Waals surface area contributed by atoms with Gasteiger partial charge < -0.3 is 10.3 Å². The zero-order valence-corrected chi connectivity index (χ0v) is 11.1. The summed E-state index contributed by atoms with van der Waals surface area (Å²) in [4.78, 5) is 4.95. The lowest BCUT2D eigenvalue weighted by atomic mass is 10.1. The number of halogens is 1. The number of hydrogen-bond donors (Lipinski definition) is 1. The summed E-state index contributed by atoms with van der Waals surface area (Å²) < 4.78 is 18.7. The van der Waals surface area contributed by atoms with Gasteiger partial charge >= 0.3 is 0 Å². The van der Waals surface area contributed by atoms with Gasteiger partial charge in [0, 0.05) is 11.4 Å². The maximum absolute atomic E-state index is 13.4. The fourth-order valence-corrected chi connectivity index (χ4v) is 2.67. The normalized spacial score (nSPS) is 16.5. The Hall–Kier alpha value is -1.40. The van der Waals surface area contributed by atoms with Gasteiger partial charge in [-0.2, -0.15) is 4.98 Å². The van der Waals surface area contributed by atoms with Crippen LogP contribution in [0.25, 0.3) is 0 Å². The SMILES string of the molecule is NCC1(c2nc(CSc3ccccc3F)no2)CC1. The molecule has 1 aliphatic rings. The molecular formula is C13H14FN3OS. The Morgan fingerprint density at radius 2 is 2.16 bits per heavy atom. The first kappa shape index (κ1) is 12.6. The van der Waals surface area contributed by atoms with Gasteiger partial charge in [0.1, 0.15) is 5.82 Å². The van der Waals surface area contributed by atoms with Crippen LogP contribution in [0.2, 0.25) is 0 Å². The Morgan fingerprint density at radius 3 is 2.84 bits per heavy atom. The molecule has 19 heavy (non-hydrogen) atoms. The molecule has 0 spiro atoms. The molecule has 1 fully saturated rings. The van der Waals surface area contributed by atoms with Crippen LogP contribution in [0.15, 0.2) is 33.7 Å². The van der Waals surface area contributed by atoms with Gasteiger partial charge in [-0.1, -0.05) is 17.3 Å². The molecule has 0 saturated heterocycles. The lowest BCUT2D eigenvalue weighted by molar-refractivity contribution is 0.344. The molecule has 4 nitrogen and oxygen atoms in total. The Bertz CT molecular complexity index is 583. The first-order chi connectivity index (χ1) is 9.23. The number of hydrogen-bond acceptors (Lipinski definition) is 5. The zero-order valence-electron chi connectivity index (χ0n) is 10.3. The van der Waals surface area contributed by atoms with Crippen molar-refractivity contribution in [1.82, 2.24) is 10.1 Å². The molecule has 0 radical (unpaired) electrons. The van der Waals surface area contributed by atoms with Crippen LogP contribution < -0.4 is 5.73 Å². The van der Waals surface area contributed by atoms with Crippen LogP contribution in [0, 0.1) is 5.82 Å². The van der Waals surface area contributed by atoms with E-state index in [9.17, 15) is 4.39 Å². The molecule has 0 aliphatic heterocycles. The smallest absolute Gasteiger partial charge is 0.234 e. The largest absolute Gasteiger partial charge is 0.339 e. The standard InChI is InChI=1S/C13H14FN3OS/c14-9-3-1-2-4-10(9)19-7-11-16-12(18-17-11)13(8-15)5-6-13/h1-4H,5-8,15H2. The molecule has 0 atom stereocenters. The highest BCUT2D eigenvalue weighted by atomic mass is 32.2. The van der Waals surface area contributed by atoms with Crippen molar-refractivity contribution in [2.75, 3.05) is 6.54 Å². The van der Waals surface area contributed by atoms with E-state index in [1.54, 1.807) is 18.2 Å². The predicted molar refractivity (Wildman–Crippen MR) is 70.2 cm³/mol. The van der Waals surface area contributed by atoms with E-state index < -0.39 is 0 Å². The zero-order chi connectivity index (χ0) is 13.3. The molecule has 100 valence electrons. The first-order valence-electron chi connectivity index (χ1n) is 6.14. The van der Waals surface area contributed by atoms with Crippen molar-refractivity contribution in [3.05, 3.63) is 41.8 Å². The van der Waals surface area contributed by atoms with Crippen molar-refractivity contribution in [3.63, 3.8) is 0 Å². The summed E-state index contributed by atoms with van der Waals surface area (Å²) in [6, 6.07) is 6.66. The van der Waals surface area contributed by atoms with Crippen LogP contribution in [0.3, 0.4) is 0 Å². The summed E-state index contributed by atoms with van der Waals surface area (Å²) in [6.45, 7) is 0.537. The van der Waals surface area contributed by atoms with Crippen LogP contribution in [0.1, 0.15) is 24.6 Å². The Kier molecular flexibility index (Phi) is 3.28. The van der Waals surface area contributed by atoms with Crippen LogP contribution in [-0.4, -0.2) is 16.7 Å². The van der Waals surface area contributed by atoms with Gasteiger partial charge in [-0.25, -0.2) is 4.39 Å². The molecule has 1 aromatic carbocycles. The third kappa shape index (κ3) is 2.50. The highest BCUT2D eigenvalue weighted by Gasteiger charge is 2.48. The summed E-state index contributed by atoms with van der Waals surface area (Å²) in [5.41, 5.74) is 5.62. The van der Waals surface area contributed by atoms with Crippen molar-refractivity contribution < 1.29 is 8.91 Å². The van der Waals surface area contributed by atoms with Crippen molar-refractivity contribution in [3.8, 4) is 0 Å². The fraction of sp³-hybridized carbons (Fsp3) is 0.385. The van der Waals surface area contributed by atoms with Crippen molar-refractivity contribution in [1.29, 1.82) is 0 Å². The lowest BCUT2D eigenvalue weighted by Crippen LogP contribution is -2.20. The molecule has 1 saturated carbocycles. The first-order valence-corrected chi connectivity index (χ1v) is 7.12. The Morgan fingerprint density at radius 1 is 1.37 bits per heavy atom. The van der Waals surface area contributed by atoms with Gasteiger partial charge in [0.15, 0.2) is 5.82 Å². The second kappa shape index (κ2) is 4.94. The lowest BCUT2D eigenvalue weighted by Gasteiger charge is -2.03. The van der Waals surface area contributed by atoms with E-state index in [2.05, 4.69) is 10.1 Å². The van der Waals surface area contributed by atoms with Crippen LogP contribution >= 0.6 is 11.8 Å². The van der Waals surface area contributed by atoms with Gasteiger partial charge in [-0.05, 0) is 25.0 Å². The monoisotopic (exact) mass is 279 g/mol. The molecular weight excluding hydrogens is 265 g/mol. The van der Waals surface area contributed by atoms with E-state index in [4.69, 9.17) is 10.3 Å². The Balaban J connectivity index is 1.67. The molecule has 0 bridgehead atoms. The summed E-state index contributed by atoms with van der Waals surface area (Å²) in [5.74, 6) is 1.48. The highest BCUT2D eigenvalue weighted by molar-refractivity contribution is 7.98. The predicted octanol–water partition coefficient (Wildman–Crippen LogP) is 2.49. The van der Waals surface area contributed by atoms with Gasteiger partial charge in [0.2, 0.25) is 5.89 Å². The summed E-state index contributed by atoms with van der Waals surface area (Å²) in [5, 5.41) is 3.93. The van der Waals surface area contributed by atoms with Gasteiger partial charge in [-0.15, -0.1) is 11.8 Å². The third-order valence-corrected chi connectivity index (χ3v) is 4.40. The van der Waals surface area contributed by atoms with Gasteiger partial charge in [0.25, 0.3) is 0 Å². The van der Waals surface area contributed by atoms with Gasteiger partial charge in [-0.3, -0.25) is 0 Å². The van der Waals surface area contributed by atoms with E-state index >= 15 is 0 Å². The van der Waals surface area contributed by atoms with Crippen molar-refractivity contribution in [2.45, 2.75) is 28.9 Å². The average molecular weight is 279 g/mol. The minimum atomic E-state index is -0.225. The minimum absolute atomic E-state index is 0.0894. The number of nitrogens with two attached hydrogens (primary N) is 1. The van der Waals surface area contributed by atoms with Crippen LogP contribution in [-0.2, 0) is 11.2 Å². The molecule has 3 rings (SSSR count). The molecule has 0 unspecified atom stereocenters. The second-order valence-corrected chi connectivity index (χ2v) is 5.74. The van der Waals surface area contributed by atoms with E-state index in [1.807, 2.05) is 0 Å². The molecule has 0 amide bonds. The maximum Gasteiger partial charge on any atom is 0.234 e. The number of thioether (sulfide) groups is 1. The number of aromatic nitrogens is 2. The summed E-state index contributed by atoms with van der Waals surface area (Å²) in [6.07, 6.45) is 2.01. The Labute approximate surface area is 114 Å². The van der Waals surface area contributed by atoms with Crippen LogP contribution in [0.4, 0.5) is 4.39 Å². The quantitative estimate of drug-likeness (QED) is 0.852. The number of rotatable bonds is 5. The summed E-state index contributed by atoms with van der Waals surface area (Å²) >= 11 is 1.36. The van der Waals surface area contributed by atoms with E-state index in [0.29, 0.717) is 28.9 Å². The molecule has 6 heteroatoms. The second-order valence-electron chi connectivity index (χ2n) is 4.72. The molecule has 1 aliphatic carbocycles. The molecule has 2 aromatic rings. The fourth-order valence-electron chi connectivity index (χ4n) is 1.89. The number of benzene rings is 1. The van der Waals surface area contributed by atoms with Gasteiger partial charge in [0.05, 0.1) is 11.2 Å². The van der Waals surface area contributed by atoms with Crippen molar-refractivity contribution in [2.24, 2.45) is 5.73 Å². The molecule has 2 N–H and O–H groups in total. The minimum Gasteiger partial charge on any atom is -0.339 e. The average Bonchev–Trinajstić information content (AvgIpc) is 3.09. The topological polar surface area (TPSA) is 64.9 Å². The number of nitrogens with zero attached hydrogens (tertiary/aromatic N) is 2. The van der Waals surface area contributed by atoms with E-state index in [1.165, 1.54) is 17.8 Å². The maximum atomic E-state index is 13.4.